The third-order valence-electron chi connectivity index (χ3n) is 5.45. The van der Waals surface area contributed by atoms with Crippen molar-refractivity contribution in [3.05, 3.63) is 41.5 Å². The molecule has 0 aromatic heterocycles. The lowest BCUT2D eigenvalue weighted by Gasteiger charge is -2.37. The number of benzene rings is 1. The molecule has 1 heterocycles. The molecule has 3 nitrogen and oxygen atoms in total. The molecule has 2 aliphatic rings. The normalized spacial score (nSPS) is 23.7. The van der Waals surface area contributed by atoms with Crippen LogP contribution in [0.15, 0.2) is 30.3 Å². The summed E-state index contributed by atoms with van der Waals surface area (Å²) in [5.41, 5.74) is 3.47. The number of hydrogen-bond acceptors (Lipinski definition) is 3. The first kappa shape index (κ1) is 17.2. The van der Waals surface area contributed by atoms with Gasteiger partial charge in [-0.25, -0.2) is 0 Å². The molecule has 1 aromatic carbocycles. The van der Waals surface area contributed by atoms with Crippen molar-refractivity contribution >= 4 is 5.57 Å². The molecule has 1 atom stereocenters. The molecule has 1 unspecified atom stereocenters. The highest BCUT2D eigenvalue weighted by Crippen LogP contribution is 2.42. The quantitative estimate of drug-likeness (QED) is 0.895. The summed E-state index contributed by atoms with van der Waals surface area (Å²) >= 11 is 0. The maximum absolute atomic E-state index is 9.14. The number of allylic oxidation sites excluding steroid dienone is 1. The van der Waals surface area contributed by atoms with E-state index in [0.717, 1.165) is 24.9 Å². The van der Waals surface area contributed by atoms with Crippen molar-refractivity contribution in [2.24, 2.45) is 5.41 Å². The molecular formula is C21H29N3. The Morgan fingerprint density at radius 2 is 2.08 bits per heavy atom. The summed E-state index contributed by atoms with van der Waals surface area (Å²) in [6.07, 6.45) is 7.34. The zero-order valence-electron chi connectivity index (χ0n) is 15.0. The molecule has 0 saturated carbocycles. The van der Waals surface area contributed by atoms with Gasteiger partial charge in [-0.3, -0.25) is 0 Å². The predicted molar refractivity (Wildman–Crippen MR) is 99.6 cm³/mol. The first-order valence-electron chi connectivity index (χ1n) is 9.25. The van der Waals surface area contributed by atoms with E-state index in [4.69, 9.17) is 5.26 Å². The molecule has 1 fully saturated rings. The van der Waals surface area contributed by atoms with Crippen LogP contribution in [0.4, 0.5) is 0 Å². The van der Waals surface area contributed by atoms with Gasteiger partial charge in [0.15, 0.2) is 0 Å². The zero-order chi connectivity index (χ0) is 17.0. The van der Waals surface area contributed by atoms with Crippen LogP contribution in [0.1, 0.15) is 50.7 Å². The molecule has 0 radical (unpaired) electrons. The van der Waals surface area contributed by atoms with Gasteiger partial charge >= 0.3 is 0 Å². The van der Waals surface area contributed by atoms with Crippen molar-refractivity contribution in [2.75, 3.05) is 26.2 Å². The van der Waals surface area contributed by atoms with Gasteiger partial charge in [0.1, 0.15) is 0 Å². The van der Waals surface area contributed by atoms with Crippen LogP contribution in [0.3, 0.4) is 0 Å². The van der Waals surface area contributed by atoms with Crippen molar-refractivity contribution in [1.82, 2.24) is 10.2 Å². The minimum absolute atomic E-state index is 0.137. The Labute approximate surface area is 146 Å². The summed E-state index contributed by atoms with van der Waals surface area (Å²) in [6, 6.07) is 10.8. The second-order valence-corrected chi connectivity index (χ2v) is 7.83. The van der Waals surface area contributed by atoms with Crippen LogP contribution >= 0.6 is 0 Å². The first-order valence-corrected chi connectivity index (χ1v) is 9.25. The van der Waals surface area contributed by atoms with Crippen molar-refractivity contribution in [2.45, 2.75) is 45.6 Å². The number of likely N-dealkylation sites (tertiary alicyclic amines) is 1. The fraction of sp³-hybridized carbons (Fsp3) is 0.571. The molecule has 1 aliphatic heterocycles. The molecule has 0 spiro atoms. The Morgan fingerprint density at radius 3 is 2.79 bits per heavy atom. The minimum Gasteiger partial charge on any atom is -0.312 e. The van der Waals surface area contributed by atoms with Crippen LogP contribution in [0, 0.1) is 16.7 Å². The van der Waals surface area contributed by atoms with Gasteiger partial charge in [-0.05, 0) is 67.5 Å². The van der Waals surface area contributed by atoms with E-state index in [-0.39, 0.29) is 5.41 Å². The Balaban J connectivity index is 1.61. The van der Waals surface area contributed by atoms with Crippen LogP contribution in [-0.2, 0) is 0 Å². The Hall–Kier alpha value is -1.63. The van der Waals surface area contributed by atoms with Gasteiger partial charge in [-0.2, -0.15) is 5.26 Å². The molecular weight excluding hydrogens is 294 g/mol. The fourth-order valence-electron chi connectivity index (χ4n) is 4.20. The largest absolute Gasteiger partial charge is 0.312 e. The van der Waals surface area contributed by atoms with Crippen LogP contribution in [0.2, 0.25) is 0 Å². The van der Waals surface area contributed by atoms with Crippen molar-refractivity contribution in [3.8, 4) is 6.07 Å². The van der Waals surface area contributed by atoms with Crippen LogP contribution in [0.5, 0.6) is 0 Å². The number of nitriles is 1. The van der Waals surface area contributed by atoms with Gasteiger partial charge in [0.25, 0.3) is 0 Å². The van der Waals surface area contributed by atoms with E-state index in [2.05, 4.69) is 42.3 Å². The number of hydrogen-bond donors (Lipinski definition) is 1. The highest BCUT2D eigenvalue weighted by Gasteiger charge is 2.31. The predicted octanol–water partition coefficient (Wildman–Crippen LogP) is 3.82. The first-order chi connectivity index (χ1) is 11.6. The fourth-order valence-corrected chi connectivity index (χ4v) is 4.20. The summed E-state index contributed by atoms with van der Waals surface area (Å²) in [4.78, 5) is 2.57. The maximum Gasteiger partial charge on any atom is 0.0991 e. The molecule has 128 valence electrons. The van der Waals surface area contributed by atoms with E-state index in [1.807, 2.05) is 18.2 Å². The van der Waals surface area contributed by atoms with Crippen molar-refractivity contribution < 1.29 is 0 Å². The number of rotatable bonds is 5. The lowest BCUT2D eigenvalue weighted by atomic mass is 9.71. The minimum atomic E-state index is 0.137. The summed E-state index contributed by atoms with van der Waals surface area (Å²) in [6.45, 7) is 9.47. The van der Waals surface area contributed by atoms with Gasteiger partial charge in [0.05, 0.1) is 11.6 Å². The van der Waals surface area contributed by atoms with Crippen LogP contribution < -0.4 is 5.32 Å². The number of nitrogens with one attached hydrogen (secondary N) is 1. The molecule has 1 N–H and O–H groups in total. The van der Waals surface area contributed by atoms with Gasteiger partial charge in [-0.1, -0.05) is 32.1 Å². The third-order valence-corrected chi connectivity index (χ3v) is 5.45. The summed E-state index contributed by atoms with van der Waals surface area (Å²) in [7, 11) is 0. The van der Waals surface area contributed by atoms with Gasteiger partial charge in [-0.15, -0.1) is 0 Å². The van der Waals surface area contributed by atoms with E-state index in [1.54, 1.807) is 0 Å². The molecule has 0 amide bonds. The highest BCUT2D eigenvalue weighted by molar-refractivity contribution is 5.71. The van der Waals surface area contributed by atoms with Crippen molar-refractivity contribution in [3.63, 3.8) is 0 Å². The molecule has 1 saturated heterocycles. The summed E-state index contributed by atoms with van der Waals surface area (Å²) < 4.78 is 0. The SMILES string of the molecule is CC1(C)CC(NCCN2CCCC2)CC=C1c1cccc(C#N)c1. The van der Waals surface area contributed by atoms with E-state index < -0.39 is 0 Å². The lowest BCUT2D eigenvalue weighted by molar-refractivity contribution is 0.300. The van der Waals surface area contributed by atoms with Gasteiger partial charge in [0, 0.05) is 19.1 Å². The average Bonchev–Trinajstić information content (AvgIpc) is 3.07. The lowest BCUT2D eigenvalue weighted by Crippen LogP contribution is -2.40. The smallest absolute Gasteiger partial charge is 0.0991 e. The Bertz CT molecular complexity index is 633. The molecule has 24 heavy (non-hydrogen) atoms. The molecule has 0 bridgehead atoms. The summed E-state index contributed by atoms with van der Waals surface area (Å²) in [5, 5.41) is 12.9. The molecule has 1 aromatic rings. The van der Waals surface area contributed by atoms with E-state index in [0.29, 0.717) is 6.04 Å². The zero-order valence-corrected chi connectivity index (χ0v) is 15.0. The van der Waals surface area contributed by atoms with E-state index >= 15 is 0 Å². The van der Waals surface area contributed by atoms with Crippen LogP contribution in [0.25, 0.3) is 5.57 Å². The summed E-state index contributed by atoms with van der Waals surface area (Å²) in [5.74, 6) is 0. The molecule has 3 rings (SSSR count). The Kier molecular flexibility index (Phi) is 5.38. The van der Waals surface area contributed by atoms with Crippen molar-refractivity contribution in [1.29, 1.82) is 5.26 Å². The number of nitrogens with zero attached hydrogens (tertiary/aromatic N) is 2. The average molecular weight is 323 g/mol. The maximum atomic E-state index is 9.14. The monoisotopic (exact) mass is 323 g/mol. The second-order valence-electron chi connectivity index (χ2n) is 7.83. The topological polar surface area (TPSA) is 39.1 Å². The standard InChI is InChI=1S/C21H29N3/c1-21(2)15-19(23-10-13-24-11-3-4-12-24)8-9-20(21)18-7-5-6-17(14-18)16-22/h5-7,9,14,19,23H,3-4,8,10-13,15H2,1-2H3. The van der Waals surface area contributed by atoms with E-state index in [9.17, 15) is 0 Å². The van der Waals surface area contributed by atoms with Gasteiger partial charge in [0.2, 0.25) is 0 Å². The van der Waals surface area contributed by atoms with Crippen LogP contribution in [-0.4, -0.2) is 37.1 Å². The van der Waals surface area contributed by atoms with Gasteiger partial charge < -0.3 is 10.2 Å². The van der Waals surface area contributed by atoms with E-state index in [1.165, 1.54) is 43.6 Å². The molecule has 1 aliphatic carbocycles. The Morgan fingerprint density at radius 1 is 1.29 bits per heavy atom. The second kappa shape index (κ2) is 7.51. The highest BCUT2D eigenvalue weighted by atomic mass is 15.2. The molecule has 3 heteroatoms. The third kappa shape index (κ3) is 4.06.